The molecule has 0 spiro atoms. The minimum atomic E-state index is -0.0444. The third kappa shape index (κ3) is 2.99. The number of carbonyl (C=O) groups excluding carboxylic acids is 1. The lowest BCUT2D eigenvalue weighted by Crippen LogP contribution is -2.15. The Hall–Kier alpha value is -1.74. The summed E-state index contributed by atoms with van der Waals surface area (Å²) in [6.45, 7) is 3.92. The molecule has 0 saturated heterocycles. The molecular weight excluding hydrogens is 254 g/mol. The number of benzene rings is 2. The van der Waals surface area contributed by atoms with Crippen molar-refractivity contribution in [3.63, 3.8) is 0 Å². The van der Waals surface area contributed by atoms with Gasteiger partial charge in [0.15, 0.2) is 0 Å². The van der Waals surface area contributed by atoms with Crippen molar-refractivity contribution in [2.75, 3.05) is 11.6 Å². The smallest absolute Gasteiger partial charge is 0.256 e. The Balaban J connectivity index is 2.31. The average Bonchev–Trinajstić information content (AvgIpc) is 2.39. The average molecular weight is 271 g/mol. The van der Waals surface area contributed by atoms with Crippen molar-refractivity contribution in [2.45, 2.75) is 18.7 Å². The summed E-state index contributed by atoms with van der Waals surface area (Å²) >= 11 is 1.63. The van der Waals surface area contributed by atoms with Gasteiger partial charge in [-0.3, -0.25) is 4.79 Å². The van der Waals surface area contributed by atoms with Gasteiger partial charge < -0.3 is 5.32 Å². The first kappa shape index (κ1) is 13.7. The molecule has 0 aromatic heterocycles. The van der Waals surface area contributed by atoms with E-state index in [0.29, 0.717) is 0 Å². The number of rotatable bonds is 3. The Morgan fingerprint density at radius 3 is 2.26 bits per heavy atom. The van der Waals surface area contributed by atoms with Crippen molar-refractivity contribution in [3.8, 4) is 0 Å². The molecule has 0 aliphatic rings. The van der Waals surface area contributed by atoms with Gasteiger partial charge in [0.05, 0.1) is 5.69 Å². The molecule has 2 aromatic carbocycles. The van der Waals surface area contributed by atoms with Crippen LogP contribution in [0.5, 0.6) is 0 Å². The number of amides is 1. The van der Waals surface area contributed by atoms with E-state index < -0.39 is 0 Å². The van der Waals surface area contributed by atoms with Crippen molar-refractivity contribution in [1.82, 2.24) is 0 Å². The maximum Gasteiger partial charge on any atom is 0.256 e. The highest BCUT2D eigenvalue weighted by Gasteiger charge is 2.13. The van der Waals surface area contributed by atoms with E-state index in [1.165, 1.54) is 0 Å². The van der Waals surface area contributed by atoms with E-state index >= 15 is 0 Å². The van der Waals surface area contributed by atoms with Crippen LogP contribution >= 0.6 is 11.8 Å². The predicted molar refractivity (Wildman–Crippen MR) is 82.1 cm³/mol. The minimum absolute atomic E-state index is 0.0444. The molecule has 0 radical (unpaired) electrons. The maximum atomic E-state index is 12.4. The van der Waals surface area contributed by atoms with Crippen molar-refractivity contribution < 1.29 is 4.79 Å². The van der Waals surface area contributed by atoms with Crippen molar-refractivity contribution in [1.29, 1.82) is 0 Å². The second-order valence-corrected chi connectivity index (χ2v) is 5.27. The van der Waals surface area contributed by atoms with Gasteiger partial charge in [0, 0.05) is 10.5 Å². The second-order valence-electron chi connectivity index (χ2n) is 4.42. The molecule has 98 valence electrons. The van der Waals surface area contributed by atoms with Crippen LogP contribution in [0.4, 0.5) is 5.69 Å². The molecular formula is C16H17NOS. The maximum absolute atomic E-state index is 12.4. The molecule has 0 heterocycles. The van der Waals surface area contributed by atoms with E-state index in [1.807, 2.05) is 62.6 Å². The minimum Gasteiger partial charge on any atom is -0.321 e. The summed E-state index contributed by atoms with van der Waals surface area (Å²) in [5.41, 5.74) is 3.62. The molecule has 2 aromatic rings. The summed E-state index contributed by atoms with van der Waals surface area (Å²) in [6, 6.07) is 13.7. The van der Waals surface area contributed by atoms with Crippen molar-refractivity contribution in [2.24, 2.45) is 0 Å². The molecule has 0 aliphatic carbocycles. The Labute approximate surface area is 118 Å². The van der Waals surface area contributed by atoms with Crippen LogP contribution in [-0.2, 0) is 0 Å². The number of para-hydroxylation sites is 1. The SMILES string of the molecule is CSc1ccccc1NC(=O)c1c(C)cccc1C. The molecule has 2 rings (SSSR count). The number of aryl methyl sites for hydroxylation is 2. The summed E-state index contributed by atoms with van der Waals surface area (Å²) in [5, 5.41) is 3.00. The van der Waals surface area contributed by atoms with E-state index in [-0.39, 0.29) is 5.91 Å². The zero-order valence-corrected chi connectivity index (χ0v) is 12.2. The molecule has 1 N–H and O–H groups in total. The van der Waals surface area contributed by atoms with Gasteiger partial charge in [0.1, 0.15) is 0 Å². The highest BCUT2D eigenvalue weighted by molar-refractivity contribution is 7.98. The lowest BCUT2D eigenvalue weighted by molar-refractivity contribution is 0.102. The Morgan fingerprint density at radius 1 is 1.00 bits per heavy atom. The van der Waals surface area contributed by atoms with Crippen LogP contribution in [0.2, 0.25) is 0 Å². The highest BCUT2D eigenvalue weighted by atomic mass is 32.2. The number of thioether (sulfide) groups is 1. The van der Waals surface area contributed by atoms with Crippen molar-refractivity contribution in [3.05, 3.63) is 59.2 Å². The van der Waals surface area contributed by atoms with E-state index in [1.54, 1.807) is 11.8 Å². The molecule has 0 atom stereocenters. The van der Waals surface area contributed by atoms with E-state index in [2.05, 4.69) is 5.32 Å². The monoisotopic (exact) mass is 271 g/mol. The lowest BCUT2D eigenvalue weighted by Gasteiger charge is -2.12. The van der Waals surface area contributed by atoms with Gasteiger partial charge in [-0.05, 0) is 43.4 Å². The van der Waals surface area contributed by atoms with Crippen LogP contribution in [0.1, 0.15) is 21.5 Å². The highest BCUT2D eigenvalue weighted by Crippen LogP contribution is 2.25. The fraction of sp³-hybridized carbons (Fsp3) is 0.188. The molecule has 0 bridgehead atoms. The molecule has 0 saturated carbocycles. The fourth-order valence-electron chi connectivity index (χ4n) is 2.11. The molecule has 1 amide bonds. The normalized spacial score (nSPS) is 10.3. The number of hydrogen-bond acceptors (Lipinski definition) is 2. The molecule has 0 unspecified atom stereocenters. The van der Waals surface area contributed by atoms with Crippen LogP contribution in [0.3, 0.4) is 0 Å². The van der Waals surface area contributed by atoms with Gasteiger partial charge in [0.25, 0.3) is 5.91 Å². The first-order valence-corrected chi connectivity index (χ1v) is 7.36. The number of carbonyl (C=O) groups is 1. The molecule has 0 fully saturated rings. The molecule has 3 heteroatoms. The van der Waals surface area contributed by atoms with Gasteiger partial charge in [-0.25, -0.2) is 0 Å². The topological polar surface area (TPSA) is 29.1 Å². The summed E-state index contributed by atoms with van der Waals surface area (Å²) in [5.74, 6) is -0.0444. The quantitative estimate of drug-likeness (QED) is 0.844. The number of nitrogens with one attached hydrogen (secondary N) is 1. The van der Waals surface area contributed by atoms with Crippen LogP contribution < -0.4 is 5.32 Å². The van der Waals surface area contributed by atoms with Gasteiger partial charge in [0.2, 0.25) is 0 Å². The first-order chi connectivity index (χ1) is 9.13. The van der Waals surface area contributed by atoms with Crippen LogP contribution in [-0.4, -0.2) is 12.2 Å². The standard InChI is InChI=1S/C16H17NOS/c1-11-7-6-8-12(2)15(11)16(18)17-13-9-4-5-10-14(13)19-3/h4-10H,1-3H3,(H,17,18). The largest absolute Gasteiger partial charge is 0.321 e. The molecule has 2 nitrogen and oxygen atoms in total. The zero-order valence-electron chi connectivity index (χ0n) is 11.4. The van der Waals surface area contributed by atoms with E-state index in [4.69, 9.17) is 0 Å². The predicted octanol–water partition coefficient (Wildman–Crippen LogP) is 4.28. The Bertz CT molecular complexity index is 587. The summed E-state index contributed by atoms with van der Waals surface area (Å²) in [7, 11) is 0. The lowest BCUT2D eigenvalue weighted by atomic mass is 10.0. The Morgan fingerprint density at radius 2 is 1.63 bits per heavy atom. The summed E-state index contributed by atoms with van der Waals surface area (Å²) in [6.07, 6.45) is 2.00. The van der Waals surface area contributed by atoms with Crippen LogP contribution in [0, 0.1) is 13.8 Å². The van der Waals surface area contributed by atoms with Gasteiger partial charge in [-0.2, -0.15) is 0 Å². The van der Waals surface area contributed by atoms with Gasteiger partial charge in [-0.1, -0.05) is 30.3 Å². The van der Waals surface area contributed by atoms with Crippen LogP contribution in [0.15, 0.2) is 47.4 Å². The third-order valence-corrected chi connectivity index (χ3v) is 3.86. The number of hydrogen-bond donors (Lipinski definition) is 1. The fourth-order valence-corrected chi connectivity index (χ4v) is 2.66. The van der Waals surface area contributed by atoms with Gasteiger partial charge >= 0.3 is 0 Å². The van der Waals surface area contributed by atoms with Crippen molar-refractivity contribution >= 4 is 23.4 Å². The first-order valence-electron chi connectivity index (χ1n) is 6.14. The molecule has 19 heavy (non-hydrogen) atoms. The summed E-state index contributed by atoms with van der Waals surface area (Å²) in [4.78, 5) is 13.5. The Kier molecular flexibility index (Phi) is 4.27. The summed E-state index contributed by atoms with van der Waals surface area (Å²) < 4.78 is 0. The zero-order chi connectivity index (χ0) is 13.8. The molecule has 0 aliphatic heterocycles. The van der Waals surface area contributed by atoms with E-state index in [9.17, 15) is 4.79 Å². The van der Waals surface area contributed by atoms with Gasteiger partial charge in [-0.15, -0.1) is 11.8 Å². The second kappa shape index (κ2) is 5.93. The van der Waals surface area contributed by atoms with E-state index in [0.717, 1.165) is 27.3 Å². The number of anilines is 1. The third-order valence-electron chi connectivity index (χ3n) is 3.06. The van der Waals surface area contributed by atoms with Crippen LogP contribution in [0.25, 0.3) is 0 Å².